The van der Waals surface area contributed by atoms with Gasteiger partial charge in [0.2, 0.25) is 5.91 Å². The molecule has 1 fully saturated rings. The third kappa shape index (κ3) is 4.35. The Hall–Kier alpha value is -1.08. The summed E-state index contributed by atoms with van der Waals surface area (Å²) in [4.78, 5) is 14.0. The molecule has 1 aliphatic heterocycles. The molecule has 4 nitrogen and oxygen atoms in total. The van der Waals surface area contributed by atoms with Crippen LogP contribution in [0.4, 0.5) is 0 Å². The second-order valence-electron chi connectivity index (χ2n) is 5.53. The summed E-state index contributed by atoms with van der Waals surface area (Å²) in [5.74, 6) is 0.560. The second-order valence-corrected chi connectivity index (χ2v) is 5.53. The zero-order chi connectivity index (χ0) is 12.9. The summed E-state index contributed by atoms with van der Waals surface area (Å²) in [5.41, 5.74) is -0.910. The van der Waals surface area contributed by atoms with Gasteiger partial charge in [-0.1, -0.05) is 0 Å². The van der Waals surface area contributed by atoms with E-state index in [0.717, 1.165) is 25.4 Å². The van der Waals surface area contributed by atoms with Crippen LogP contribution in [0, 0.1) is 22.7 Å². The molecule has 0 aromatic carbocycles. The Bertz CT molecular complexity index is 298. The fourth-order valence-corrected chi connectivity index (χ4v) is 2.01. The average Bonchev–Trinajstić information content (AvgIpc) is 2.31. The average molecular weight is 237 g/mol. The number of amides is 1. The van der Waals surface area contributed by atoms with E-state index in [1.165, 1.54) is 12.8 Å². The van der Waals surface area contributed by atoms with Gasteiger partial charge < -0.3 is 10.2 Å². The van der Waals surface area contributed by atoms with E-state index in [1.54, 1.807) is 13.8 Å². The van der Waals surface area contributed by atoms with Crippen molar-refractivity contribution in [3.05, 3.63) is 0 Å². The lowest BCUT2D eigenvalue weighted by Gasteiger charge is -2.29. The summed E-state index contributed by atoms with van der Waals surface area (Å²) < 4.78 is 0. The van der Waals surface area contributed by atoms with Crippen LogP contribution >= 0.6 is 0 Å². The third-order valence-electron chi connectivity index (χ3n) is 3.52. The lowest BCUT2D eigenvalue weighted by atomic mass is 9.92. The third-order valence-corrected chi connectivity index (χ3v) is 3.52. The van der Waals surface area contributed by atoms with Gasteiger partial charge in [-0.2, -0.15) is 5.26 Å². The highest BCUT2D eigenvalue weighted by atomic mass is 16.2. The van der Waals surface area contributed by atoms with Gasteiger partial charge in [0.25, 0.3) is 0 Å². The molecule has 1 heterocycles. The summed E-state index contributed by atoms with van der Waals surface area (Å²) in [5, 5.41) is 11.7. The van der Waals surface area contributed by atoms with E-state index in [1.807, 2.05) is 6.07 Å². The van der Waals surface area contributed by atoms with Crippen molar-refractivity contribution in [3.63, 3.8) is 0 Å². The standard InChI is InChI=1S/C13H23N3O/c1-13(2,10-14)12(17)15-7-4-11-5-8-16(3)9-6-11/h11H,4-9H2,1-3H3,(H,15,17). The molecule has 0 saturated carbocycles. The first-order chi connectivity index (χ1) is 7.95. The molecule has 1 saturated heterocycles. The van der Waals surface area contributed by atoms with Crippen LogP contribution in [0.2, 0.25) is 0 Å². The molecule has 0 bridgehead atoms. The van der Waals surface area contributed by atoms with Gasteiger partial charge >= 0.3 is 0 Å². The molecule has 1 aliphatic rings. The predicted octanol–water partition coefficient (Wildman–Crippen LogP) is 1.38. The highest BCUT2D eigenvalue weighted by Gasteiger charge is 2.27. The van der Waals surface area contributed by atoms with Gasteiger partial charge in [0, 0.05) is 6.54 Å². The topological polar surface area (TPSA) is 56.1 Å². The molecule has 0 aliphatic carbocycles. The summed E-state index contributed by atoms with van der Waals surface area (Å²) in [6, 6.07) is 2.02. The summed E-state index contributed by atoms with van der Waals surface area (Å²) >= 11 is 0. The van der Waals surface area contributed by atoms with Gasteiger partial charge in [0.1, 0.15) is 5.41 Å². The van der Waals surface area contributed by atoms with Crippen LogP contribution in [0.15, 0.2) is 0 Å². The van der Waals surface area contributed by atoms with Gasteiger partial charge in [-0.3, -0.25) is 4.79 Å². The van der Waals surface area contributed by atoms with Crippen LogP contribution in [0.3, 0.4) is 0 Å². The molecule has 0 unspecified atom stereocenters. The Morgan fingerprint density at radius 2 is 2.06 bits per heavy atom. The molecule has 1 rings (SSSR count). The lowest BCUT2D eigenvalue weighted by molar-refractivity contribution is -0.126. The van der Waals surface area contributed by atoms with Crippen molar-refractivity contribution in [3.8, 4) is 6.07 Å². The molecule has 0 aromatic heterocycles. The van der Waals surface area contributed by atoms with E-state index in [2.05, 4.69) is 17.3 Å². The quantitative estimate of drug-likeness (QED) is 0.803. The number of hydrogen-bond acceptors (Lipinski definition) is 3. The largest absolute Gasteiger partial charge is 0.355 e. The smallest absolute Gasteiger partial charge is 0.239 e. The van der Waals surface area contributed by atoms with Crippen LogP contribution in [0.1, 0.15) is 33.1 Å². The number of piperidine rings is 1. The first-order valence-electron chi connectivity index (χ1n) is 6.34. The van der Waals surface area contributed by atoms with E-state index in [4.69, 9.17) is 5.26 Å². The minimum Gasteiger partial charge on any atom is -0.355 e. The van der Waals surface area contributed by atoms with Crippen LogP contribution < -0.4 is 5.32 Å². The Balaban J connectivity index is 2.20. The van der Waals surface area contributed by atoms with Gasteiger partial charge in [0.05, 0.1) is 6.07 Å². The van der Waals surface area contributed by atoms with Crippen molar-refractivity contribution in [1.82, 2.24) is 10.2 Å². The second kappa shape index (κ2) is 6.02. The number of rotatable bonds is 4. The molecule has 0 aromatic rings. The maximum absolute atomic E-state index is 11.6. The van der Waals surface area contributed by atoms with Crippen LogP contribution in [0.5, 0.6) is 0 Å². The number of carbonyl (C=O) groups is 1. The highest BCUT2D eigenvalue weighted by Crippen LogP contribution is 2.19. The zero-order valence-electron chi connectivity index (χ0n) is 11.1. The van der Waals surface area contributed by atoms with E-state index in [-0.39, 0.29) is 5.91 Å². The molecular weight excluding hydrogens is 214 g/mol. The summed E-state index contributed by atoms with van der Waals surface area (Å²) in [6.45, 7) is 6.30. The Morgan fingerprint density at radius 3 is 2.59 bits per heavy atom. The SMILES string of the molecule is CN1CCC(CCNC(=O)C(C)(C)C#N)CC1. The number of nitriles is 1. The van der Waals surface area contributed by atoms with Crippen molar-refractivity contribution < 1.29 is 4.79 Å². The highest BCUT2D eigenvalue weighted by molar-refractivity contribution is 5.84. The molecule has 17 heavy (non-hydrogen) atoms. The molecule has 0 radical (unpaired) electrons. The van der Waals surface area contributed by atoms with Crippen molar-refractivity contribution in [2.75, 3.05) is 26.7 Å². The van der Waals surface area contributed by atoms with Crippen LogP contribution in [-0.4, -0.2) is 37.5 Å². The molecule has 0 spiro atoms. The Kier molecular flexibility index (Phi) is 4.95. The zero-order valence-corrected chi connectivity index (χ0v) is 11.1. The minimum atomic E-state index is -0.910. The first kappa shape index (κ1) is 14.0. The molecular formula is C13H23N3O. The normalized spacial score (nSPS) is 18.7. The van der Waals surface area contributed by atoms with E-state index in [9.17, 15) is 4.79 Å². The van der Waals surface area contributed by atoms with Crippen LogP contribution in [0.25, 0.3) is 0 Å². The number of likely N-dealkylation sites (tertiary alicyclic amines) is 1. The maximum atomic E-state index is 11.6. The van der Waals surface area contributed by atoms with Crippen molar-refractivity contribution in [1.29, 1.82) is 5.26 Å². The predicted molar refractivity (Wildman–Crippen MR) is 67.2 cm³/mol. The monoisotopic (exact) mass is 237 g/mol. The van der Waals surface area contributed by atoms with Crippen molar-refractivity contribution in [2.45, 2.75) is 33.1 Å². The maximum Gasteiger partial charge on any atom is 0.239 e. The molecule has 1 N–H and O–H groups in total. The Morgan fingerprint density at radius 1 is 1.47 bits per heavy atom. The molecule has 1 amide bonds. The molecule has 4 heteroatoms. The van der Waals surface area contributed by atoms with Gasteiger partial charge in [-0.25, -0.2) is 0 Å². The number of carbonyl (C=O) groups excluding carboxylic acids is 1. The number of nitrogens with zero attached hydrogens (tertiary/aromatic N) is 2. The van der Waals surface area contributed by atoms with Crippen molar-refractivity contribution in [2.24, 2.45) is 11.3 Å². The van der Waals surface area contributed by atoms with Crippen LogP contribution in [-0.2, 0) is 4.79 Å². The van der Waals surface area contributed by atoms with E-state index < -0.39 is 5.41 Å². The number of hydrogen-bond donors (Lipinski definition) is 1. The number of nitrogens with one attached hydrogen (secondary N) is 1. The fraction of sp³-hybridized carbons (Fsp3) is 0.846. The fourth-order valence-electron chi connectivity index (χ4n) is 2.01. The van der Waals surface area contributed by atoms with Gasteiger partial charge in [0.15, 0.2) is 0 Å². The lowest BCUT2D eigenvalue weighted by Crippen LogP contribution is -2.38. The van der Waals surface area contributed by atoms with Crippen molar-refractivity contribution >= 4 is 5.91 Å². The Labute approximate surface area is 104 Å². The summed E-state index contributed by atoms with van der Waals surface area (Å²) in [7, 11) is 2.15. The van der Waals surface area contributed by atoms with E-state index in [0.29, 0.717) is 6.54 Å². The molecule has 0 atom stereocenters. The minimum absolute atomic E-state index is 0.159. The van der Waals surface area contributed by atoms with E-state index >= 15 is 0 Å². The first-order valence-corrected chi connectivity index (χ1v) is 6.34. The summed E-state index contributed by atoms with van der Waals surface area (Å²) in [6.07, 6.45) is 3.46. The van der Waals surface area contributed by atoms with Gasteiger partial charge in [-0.05, 0) is 59.2 Å². The van der Waals surface area contributed by atoms with Gasteiger partial charge in [-0.15, -0.1) is 0 Å². The molecule has 96 valence electrons.